The van der Waals surface area contributed by atoms with Gasteiger partial charge in [-0.3, -0.25) is 0 Å². The quantitative estimate of drug-likeness (QED) is 0.779. The average Bonchev–Trinajstić information content (AvgIpc) is 2.28. The van der Waals surface area contributed by atoms with Crippen molar-refractivity contribution in [1.82, 2.24) is 0 Å². The van der Waals surface area contributed by atoms with Crippen LogP contribution in [-0.2, 0) is 0 Å². The predicted molar refractivity (Wildman–Crippen MR) is 58.3 cm³/mol. The lowest BCUT2D eigenvalue weighted by Gasteiger charge is -2.26. The summed E-state index contributed by atoms with van der Waals surface area (Å²) in [6, 6.07) is 3.30. The van der Waals surface area contributed by atoms with E-state index in [0.717, 1.165) is 12.8 Å². The van der Waals surface area contributed by atoms with E-state index < -0.39 is 11.6 Å². The standard InChI is InChI=1S/C13H16F2O/c1-8-2-7-11(13(15)12(8)14)9-3-5-10(16)6-4-9/h2,7,9-10,16H,3-6H2,1H3. The van der Waals surface area contributed by atoms with Gasteiger partial charge in [0.05, 0.1) is 6.10 Å². The number of aliphatic hydroxyl groups is 1. The maximum atomic E-state index is 13.7. The third kappa shape index (κ3) is 2.09. The second kappa shape index (κ2) is 4.50. The van der Waals surface area contributed by atoms with E-state index in [1.165, 1.54) is 0 Å². The van der Waals surface area contributed by atoms with Gasteiger partial charge >= 0.3 is 0 Å². The fourth-order valence-corrected chi connectivity index (χ4v) is 2.36. The first kappa shape index (κ1) is 11.5. The molecule has 1 saturated carbocycles. The Morgan fingerprint density at radius 1 is 1.06 bits per heavy atom. The predicted octanol–water partition coefficient (Wildman–Crippen LogP) is 3.29. The van der Waals surface area contributed by atoms with Gasteiger partial charge in [0.15, 0.2) is 11.6 Å². The lowest BCUT2D eigenvalue weighted by atomic mass is 9.82. The fraction of sp³-hybridized carbons (Fsp3) is 0.538. The molecule has 0 amide bonds. The van der Waals surface area contributed by atoms with Crippen molar-refractivity contribution in [3.05, 3.63) is 34.9 Å². The van der Waals surface area contributed by atoms with Gasteiger partial charge < -0.3 is 5.11 Å². The Labute approximate surface area is 94.1 Å². The number of aliphatic hydroxyl groups excluding tert-OH is 1. The van der Waals surface area contributed by atoms with Crippen molar-refractivity contribution < 1.29 is 13.9 Å². The SMILES string of the molecule is Cc1ccc(C2CCC(O)CC2)c(F)c1F. The highest BCUT2D eigenvalue weighted by Gasteiger charge is 2.24. The van der Waals surface area contributed by atoms with Crippen LogP contribution in [0.25, 0.3) is 0 Å². The van der Waals surface area contributed by atoms with Crippen molar-refractivity contribution >= 4 is 0 Å². The van der Waals surface area contributed by atoms with E-state index in [2.05, 4.69) is 0 Å². The topological polar surface area (TPSA) is 20.2 Å². The van der Waals surface area contributed by atoms with Crippen molar-refractivity contribution in [2.24, 2.45) is 0 Å². The molecule has 16 heavy (non-hydrogen) atoms. The molecule has 0 aliphatic heterocycles. The highest BCUT2D eigenvalue weighted by atomic mass is 19.2. The normalized spacial score (nSPS) is 25.8. The molecule has 1 N–H and O–H groups in total. The summed E-state index contributed by atoms with van der Waals surface area (Å²) in [7, 11) is 0. The first-order valence-corrected chi connectivity index (χ1v) is 5.72. The molecule has 1 aromatic carbocycles. The first-order chi connectivity index (χ1) is 7.59. The molecule has 0 unspecified atom stereocenters. The molecule has 1 fully saturated rings. The molecule has 0 spiro atoms. The summed E-state index contributed by atoms with van der Waals surface area (Å²) >= 11 is 0. The molecule has 1 aromatic rings. The van der Waals surface area contributed by atoms with Gasteiger partial charge in [-0.1, -0.05) is 12.1 Å². The van der Waals surface area contributed by atoms with Gasteiger partial charge in [-0.2, -0.15) is 0 Å². The smallest absolute Gasteiger partial charge is 0.162 e. The maximum Gasteiger partial charge on any atom is 0.162 e. The molecule has 3 heteroatoms. The number of hydrogen-bond acceptors (Lipinski definition) is 1. The number of rotatable bonds is 1. The largest absolute Gasteiger partial charge is 0.393 e. The van der Waals surface area contributed by atoms with E-state index in [0.29, 0.717) is 24.0 Å². The average molecular weight is 226 g/mol. The van der Waals surface area contributed by atoms with Gasteiger partial charge in [0, 0.05) is 0 Å². The third-order valence-corrected chi connectivity index (χ3v) is 3.44. The van der Waals surface area contributed by atoms with E-state index in [4.69, 9.17) is 0 Å². The Hall–Kier alpha value is -0.960. The number of benzene rings is 1. The molecule has 0 heterocycles. The number of aryl methyl sites for hydroxylation is 1. The Morgan fingerprint density at radius 3 is 2.31 bits per heavy atom. The Kier molecular flexibility index (Phi) is 3.24. The van der Waals surface area contributed by atoms with Gasteiger partial charge in [0.2, 0.25) is 0 Å². The third-order valence-electron chi connectivity index (χ3n) is 3.44. The fourth-order valence-electron chi connectivity index (χ4n) is 2.36. The van der Waals surface area contributed by atoms with E-state index in [9.17, 15) is 13.9 Å². The van der Waals surface area contributed by atoms with Gasteiger partial charge in [0.25, 0.3) is 0 Å². The van der Waals surface area contributed by atoms with Crippen molar-refractivity contribution in [1.29, 1.82) is 0 Å². The summed E-state index contributed by atoms with van der Waals surface area (Å²) in [5.74, 6) is -1.39. The molecule has 1 nitrogen and oxygen atoms in total. The van der Waals surface area contributed by atoms with Crippen LogP contribution in [0, 0.1) is 18.6 Å². The van der Waals surface area contributed by atoms with Crippen molar-refractivity contribution in [3.63, 3.8) is 0 Å². The minimum Gasteiger partial charge on any atom is -0.393 e. The lowest BCUT2D eigenvalue weighted by molar-refractivity contribution is 0.122. The lowest BCUT2D eigenvalue weighted by Crippen LogP contribution is -2.18. The Bertz CT molecular complexity index is 382. The van der Waals surface area contributed by atoms with Crippen LogP contribution in [0.1, 0.15) is 42.7 Å². The van der Waals surface area contributed by atoms with Crippen molar-refractivity contribution in [2.45, 2.75) is 44.6 Å². The van der Waals surface area contributed by atoms with Crippen LogP contribution in [0.2, 0.25) is 0 Å². The van der Waals surface area contributed by atoms with Crippen LogP contribution in [0.5, 0.6) is 0 Å². The molecule has 2 rings (SSSR count). The van der Waals surface area contributed by atoms with Crippen molar-refractivity contribution in [2.75, 3.05) is 0 Å². The van der Waals surface area contributed by atoms with Gasteiger partial charge in [-0.15, -0.1) is 0 Å². The monoisotopic (exact) mass is 226 g/mol. The molecular formula is C13H16F2O. The van der Waals surface area contributed by atoms with Gasteiger partial charge in [0.1, 0.15) is 0 Å². The molecule has 88 valence electrons. The summed E-state index contributed by atoms with van der Waals surface area (Å²) < 4.78 is 27.1. The summed E-state index contributed by atoms with van der Waals surface area (Å²) in [4.78, 5) is 0. The van der Waals surface area contributed by atoms with Crippen LogP contribution < -0.4 is 0 Å². The van der Waals surface area contributed by atoms with E-state index >= 15 is 0 Å². The summed E-state index contributed by atoms with van der Waals surface area (Å²) in [5.41, 5.74) is 0.812. The number of halogens is 2. The van der Waals surface area contributed by atoms with E-state index in [-0.39, 0.29) is 12.0 Å². The second-order valence-corrected chi connectivity index (χ2v) is 4.61. The van der Waals surface area contributed by atoms with E-state index in [1.54, 1.807) is 19.1 Å². The number of hydrogen-bond donors (Lipinski definition) is 1. The van der Waals surface area contributed by atoms with Crippen LogP contribution in [0.4, 0.5) is 8.78 Å². The van der Waals surface area contributed by atoms with Crippen LogP contribution in [-0.4, -0.2) is 11.2 Å². The summed E-state index contributed by atoms with van der Waals surface area (Å²) in [6.45, 7) is 1.56. The minimum absolute atomic E-state index is 0.0542. The highest BCUT2D eigenvalue weighted by Crippen LogP contribution is 2.35. The minimum atomic E-state index is -0.733. The molecule has 0 radical (unpaired) electrons. The molecule has 1 aliphatic carbocycles. The van der Waals surface area contributed by atoms with Crippen molar-refractivity contribution in [3.8, 4) is 0 Å². The second-order valence-electron chi connectivity index (χ2n) is 4.61. The molecule has 1 aliphatic rings. The van der Waals surface area contributed by atoms with E-state index in [1.807, 2.05) is 0 Å². The van der Waals surface area contributed by atoms with Crippen LogP contribution in [0.15, 0.2) is 12.1 Å². The zero-order chi connectivity index (χ0) is 11.7. The summed E-state index contributed by atoms with van der Waals surface area (Å²) in [6.07, 6.45) is 2.56. The molecule has 0 aromatic heterocycles. The molecule has 0 bridgehead atoms. The zero-order valence-corrected chi connectivity index (χ0v) is 9.34. The highest BCUT2D eigenvalue weighted by molar-refractivity contribution is 5.28. The molecular weight excluding hydrogens is 210 g/mol. The Morgan fingerprint density at radius 2 is 1.69 bits per heavy atom. The first-order valence-electron chi connectivity index (χ1n) is 5.72. The van der Waals surface area contributed by atoms with Gasteiger partial charge in [-0.25, -0.2) is 8.78 Å². The van der Waals surface area contributed by atoms with Gasteiger partial charge in [-0.05, 0) is 49.7 Å². The molecule has 0 saturated heterocycles. The Balaban J connectivity index is 2.24. The van der Waals surface area contributed by atoms with Crippen LogP contribution in [0.3, 0.4) is 0 Å². The summed E-state index contributed by atoms with van der Waals surface area (Å²) in [5, 5.41) is 9.37. The zero-order valence-electron chi connectivity index (χ0n) is 9.34. The molecule has 0 atom stereocenters. The van der Waals surface area contributed by atoms with Crippen LogP contribution >= 0.6 is 0 Å². The maximum absolute atomic E-state index is 13.7.